The zero-order valence-electron chi connectivity index (χ0n) is 14.5. The minimum atomic E-state index is -1.27. The molecule has 1 unspecified atom stereocenters. The smallest absolute Gasteiger partial charge is 0.334 e. The Balaban J connectivity index is 2.22. The van der Waals surface area contributed by atoms with E-state index in [-0.39, 0.29) is 5.56 Å². The lowest BCUT2D eigenvalue weighted by molar-refractivity contribution is -0.157. The van der Waals surface area contributed by atoms with Crippen LogP contribution < -0.4 is 5.56 Å². The molecule has 0 bridgehead atoms. The van der Waals surface area contributed by atoms with Crippen LogP contribution in [0.15, 0.2) is 56.5 Å². The Bertz CT molecular complexity index is 1030. The second kappa shape index (κ2) is 6.72. The highest BCUT2D eigenvalue weighted by molar-refractivity contribution is 9.10. The van der Waals surface area contributed by atoms with Crippen molar-refractivity contribution in [2.45, 2.75) is 32.4 Å². The van der Waals surface area contributed by atoms with Crippen molar-refractivity contribution in [2.24, 2.45) is 0 Å². The number of aromatic nitrogens is 1. The molecule has 0 saturated carbocycles. The van der Waals surface area contributed by atoms with Crippen LogP contribution in [0.1, 0.15) is 32.4 Å². The van der Waals surface area contributed by atoms with E-state index in [0.29, 0.717) is 15.4 Å². The maximum Gasteiger partial charge on any atom is 0.334 e. The van der Waals surface area contributed by atoms with Crippen LogP contribution in [0.4, 0.5) is 4.39 Å². The minimum absolute atomic E-state index is 0.0403. The molecule has 1 atom stereocenters. The van der Waals surface area contributed by atoms with E-state index in [0.717, 1.165) is 4.57 Å². The Hall–Kier alpha value is -2.41. The summed E-state index contributed by atoms with van der Waals surface area (Å²) in [4.78, 5) is 25.7. The maximum atomic E-state index is 14.5. The fourth-order valence-corrected chi connectivity index (χ4v) is 3.04. The SMILES string of the molecule is CC(C)(C)OC(=O)C(c1cc(Br)ccc1F)n1ccc2occc2c1=O. The van der Waals surface area contributed by atoms with Gasteiger partial charge in [-0.3, -0.25) is 9.36 Å². The third-order valence-corrected chi connectivity index (χ3v) is 4.20. The van der Waals surface area contributed by atoms with Gasteiger partial charge in [-0.2, -0.15) is 0 Å². The van der Waals surface area contributed by atoms with E-state index < -0.39 is 29.0 Å². The third kappa shape index (κ3) is 3.58. The molecule has 136 valence electrons. The molecule has 1 aromatic carbocycles. The van der Waals surface area contributed by atoms with Crippen molar-refractivity contribution in [1.82, 2.24) is 4.57 Å². The van der Waals surface area contributed by atoms with Crippen molar-refractivity contribution in [2.75, 3.05) is 0 Å². The summed E-state index contributed by atoms with van der Waals surface area (Å²) in [7, 11) is 0. The summed E-state index contributed by atoms with van der Waals surface area (Å²) in [5.41, 5.74) is -0.824. The molecule has 3 rings (SSSR count). The van der Waals surface area contributed by atoms with Gasteiger partial charge in [0.1, 0.15) is 17.0 Å². The van der Waals surface area contributed by atoms with Gasteiger partial charge in [0.15, 0.2) is 6.04 Å². The normalized spacial score (nSPS) is 13.0. The molecule has 0 aliphatic rings. The molecular formula is C19H17BrFNO4. The number of nitrogens with zero attached hydrogens (tertiary/aromatic N) is 1. The van der Waals surface area contributed by atoms with Crippen LogP contribution in [0.5, 0.6) is 0 Å². The second-order valence-electron chi connectivity index (χ2n) is 6.83. The highest BCUT2D eigenvalue weighted by atomic mass is 79.9. The van der Waals surface area contributed by atoms with Gasteiger partial charge in [-0.1, -0.05) is 15.9 Å². The van der Waals surface area contributed by atoms with Crippen LogP contribution in [0, 0.1) is 5.82 Å². The van der Waals surface area contributed by atoms with Gasteiger partial charge in [-0.05, 0) is 51.1 Å². The summed E-state index contributed by atoms with van der Waals surface area (Å²) in [6.45, 7) is 5.13. The molecule has 2 heterocycles. The lowest BCUT2D eigenvalue weighted by Crippen LogP contribution is -2.35. The zero-order chi connectivity index (χ0) is 19.1. The first-order valence-corrected chi connectivity index (χ1v) is 8.73. The lowest BCUT2D eigenvalue weighted by Gasteiger charge is -2.25. The molecule has 2 aromatic heterocycles. The van der Waals surface area contributed by atoms with E-state index in [1.54, 1.807) is 26.8 Å². The summed E-state index contributed by atoms with van der Waals surface area (Å²) >= 11 is 3.28. The number of pyridine rings is 1. The first-order valence-electron chi connectivity index (χ1n) is 7.93. The van der Waals surface area contributed by atoms with Crippen molar-refractivity contribution in [3.8, 4) is 0 Å². The summed E-state index contributed by atoms with van der Waals surface area (Å²) in [5, 5.41) is 0.302. The second-order valence-corrected chi connectivity index (χ2v) is 7.74. The molecule has 5 nitrogen and oxygen atoms in total. The number of carbonyl (C=O) groups excluding carboxylic acids is 1. The Morgan fingerprint density at radius 2 is 2.00 bits per heavy atom. The van der Waals surface area contributed by atoms with Crippen molar-refractivity contribution in [3.05, 3.63) is 69.0 Å². The summed E-state index contributed by atoms with van der Waals surface area (Å²) in [6.07, 6.45) is 2.79. The number of carbonyl (C=O) groups is 1. The molecule has 0 aliphatic heterocycles. The van der Waals surface area contributed by atoms with Crippen LogP contribution in [0.3, 0.4) is 0 Å². The number of furan rings is 1. The first kappa shape index (κ1) is 18.4. The van der Waals surface area contributed by atoms with Crippen LogP contribution in [0.2, 0.25) is 0 Å². The summed E-state index contributed by atoms with van der Waals surface area (Å²) in [5.74, 6) is -1.33. The van der Waals surface area contributed by atoms with Gasteiger partial charge in [0.2, 0.25) is 0 Å². The molecule has 0 amide bonds. The van der Waals surface area contributed by atoms with Crippen molar-refractivity contribution in [3.63, 3.8) is 0 Å². The predicted octanol–water partition coefficient (Wildman–Crippen LogP) is 4.43. The highest BCUT2D eigenvalue weighted by Gasteiger charge is 2.31. The maximum absolute atomic E-state index is 14.5. The number of hydrogen-bond acceptors (Lipinski definition) is 4. The monoisotopic (exact) mass is 421 g/mol. The largest absolute Gasteiger partial charge is 0.464 e. The van der Waals surface area contributed by atoms with Crippen molar-refractivity contribution < 1.29 is 18.3 Å². The number of fused-ring (bicyclic) bond motifs is 1. The Morgan fingerprint density at radius 3 is 2.69 bits per heavy atom. The number of hydrogen-bond donors (Lipinski definition) is 0. The fraction of sp³-hybridized carbons (Fsp3) is 0.263. The molecular weight excluding hydrogens is 405 g/mol. The van der Waals surface area contributed by atoms with Gasteiger partial charge in [0.25, 0.3) is 5.56 Å². The topological polar surface area (TPSA) is 61.4 Å². The minimum Gasteiger partial charge on any atom is -0.464 e. The summed E-state index contributed by atoms with van der Waals surface area (Å²) in [6, 6.07) is 6.03. The molecule has 3 aromatic rings. The van der Waals surface area contributed by atoms with Gasteiger partial charge < -0.3 is 9.15 Å². The quantitative estimate of drug-likeness (QED) is 0.586. The average Bonchev–Trinajstić information content (AvgIpc) is 3.01. The Kier molecular flexibility index (Phi) is 4.75. The summed E-state index contributed by atoms with van der Waals surface area (Å²) < 4.78 is 26.9. The lowest BCUT2D eigenvalue weighted by atomic mass is 10.0. The molecule has 0 spiro atoms. The fourth-order valence-electron chi connectivity index (χ4n) is 2.66. The highest BCUT2D eigenvalue weighted by Crippen LogP contribution is 2.27. The van der Waals surface area contributed by atoms with Gasteiger partial charge in [-0.15, -0.1) is 0 Å². The average molecular weight is 422 g/mol. The standard InChI is InChI=1S/C19H17BrFNO4/c1-19(2,3)26-18(24)16(13-10-11(20)4-5-14(13)21)22-8-6-15-12(17(22)23)7-9-25-15/h4-10,16H,1-3H3. The Morgan fingerprint density at radius 1 is 1.27 bits per heavy atom. The van der Waals surface area contributed by atoms with E-state index >= 15 is 0 Å². The van der Waals surface area contributed by atoms with Crippen LogP contribution in [0.25, 0.3) is 11.0 Å². The van der Waals surface area contributed by atoms with Gasteiger partial charge in [0.05, 0.1) is 11.6 Å². The van der Waals surface area contributed by atoms with Crippen LogP contribution >= 0.6 is 15.9 Å². The van der Waals surface area contributed by atoms with Gasteiger partial charge >= 0.3 is 5.97 Å². The molecule has 0 radical (unpaired) electrons. The number of rotatable bonds is 3. The Labute approximate surface area is 157 Å². The molecule has 0 saturated heterocycles. The van der Waals surface area contributed by atoms with Gasteiger partial charge in [0, 0.05) is 16.2 Å². The number of benzene rings is 1. The van der Waals surface area contributed by atoms with E-state index in [2.05, 4.69) is 15.9 Å². The van der Waals surface area contributed by atoms with E-state index in [9.17, 15) is 14.0 Å². The molecule has 0 fully saturated rings. The van der Waals surface area contributed by atoms with E-state index in [4.69, 9.17) is 9.15 Å². The number of halogens is 2. The third-order valence-electron chi connectivity index (χ3n) is 3.71. The van der Waals surface area contributed by atoms with Gasteiger partial charge in [-0.25, -0.2) is 9.18 Å². The van der Waals surface area contributed by atoms with Crippen LogP contribution in [-0.2, 0) is 9.53 Å². The molecule has 0 aliphatic carbocycles. The number of ether oxygens (including phenoxy) is 1. The van der Waals surface area contributed by atoms with Crippen molar-refractivity contribution in [1.29, 1.82) is 0 Å². The number of esters is 1. The predicted molar refractivity (Wildman–Crippen MR) is 98.6 cm³/mol. The van der Waals surface area contributed by atoms with Crippen molar-refractivity contribution >= 4 is 32.9 Å². The molecule has 7 heteroatoms. The zero-order valence-corrected chi connectivity index (χ0v) is 16.0. The molecule has 0 N–H and O–H groups in total. The molecule has 26 heavy (non-hydrogen) atoms. The first-order chi connectivity index (χ1) is 12.2. The van der Waals surface area contributed by atoms with E-state index in [1.807, 2.05) is 0 Å². The van der Waals surface area contributed by atoms with Crippen LogP contribution in [-0.4, -0.2) is 16.1 Å². The van der Waals surface area contributed by atoms with E-state index in [1.165, 1.54) is 36.7 Å².